The zero-order valence-corrected chi connectivity index (χ0v) is 12.7. The second-order valence-corrected chi connectivity index (χ2v) is 4.89. The van der Waals surface area contributed by atoms with Crippen molar-refractivity contribution in [3.8, 4) is 0 Å². The predicted octanol–water partition coefficient (Wildman–Crippen LogP) is 0.837. The number of allylic oxidation sites excluding steroid dienone is 3. The fourth-order valence-electron chi connectivity index (χ4n) is 2.27. The number of hydrogen-bond donors (Lipinski definition) is 5. The molecule has 0 bridgehead atoms. The molecule has 1 saturated heterocycles. The molecule has 6 nitrogen and oxygen atoms in total. The van der Waals surface area contributed by atoms with Crippen molar-refractivity contribution >= 4 is 0 Å². The first-order chi connectivity index (χ1) is 10.1. The first-order valence-electron chi connectivity index (χ1n) is 7.28. The van der Waals surface area contributed by atoms with Crippen LogP contribution in [0.5, 0.6) is 0 Å². The highest BCUT2D eigenvalue weighted by molar-refractivity contribution is 5.38. The van der Waals surface area contributed by atoms with Gasteiger partial charge in [-0.15, -0.1) is 0 Å². The number of aliphatic hydroxyl groups excluding tert-OH is 1. The summed E-state index contributed by atoms with van der Waals surface area (Å²) >= 11 is 0. The monoisotopic (exact) mass is 293 g/mol. The van der Waals surface area contributed by atoms with Crippen molar-refractivity contribution < 1.29 is 5.11 Å². The van der Waals surface area contributed by atoms with Crippen LogP contribution in [-0.4, -0.2) is 36.2 Å². The van der Waals surface area contributed by atoms with E-state index in [1.165, 1.54) is 6.08 Å². The van der Waals surface area contributed by atoms with E-state index < -0.39 is 0 Å². The summed E-state index contributed by atoms with van der Waals surface area (Å²) in [6, 6.07) is 0. The molecule has 1 heterocycles. The second kappa shape index (κ2) is 9.10. The quantitative estimate of drug-likeness (QED) is 0.206. The van der Waals surface area contributed by atoms with Crippen molar-refractivity contribution in [2.45, 2.75) is 19.8 Å². The van der Waals surface area contributed by atoms with Crippen LogP contribution in [-0.2, 0) is 0 Å². The van der Waals surface area contributed by atoms with Crippen molar-refractivity contribution in [3.05, 3.63) is 47.7 Å². The number of hydrazine groups is 1. The molecule has 0 amide bonds. The largest absolute Gasteiger partial charge is 0.508 e. The minimum absolute atomic E-state index is 0.131. The topological polar surface area (TPSA) is 99.6 Å². The van der Waals surface area contributed by atoms with Crippen LogP contribution in [0.15, 0.2) is 47.7 Å². The van der Waals surface area contributed by atoms with Gasteiger partial charge in [-0.3, -0.25) is 5.84 Å². The van der Waals surface area contributed by atoms with Crippen LogP contribution >= 0.6 is 0 Å². The van der Waals surface area contributed by atoms with Gasteiger partial charge in [0.2, 0.25) is 0 Å². The molecule has 1 rings (SSSR count). The van der Waals surface area contributed by atoms with Gasteiger partial charge in [-0.25, -0.2) is 0 Å². The highest BCUT2D eigenvalue weighted by Gasteiger charge is 2.13. The van der Waals surface area contributed by atoms with E-state index in [4.69, 9.17) is 11.6 Å². The molecule has 1 fully saturated rings. The molecule has 118 valence electrons. The molecule has 1 aliphatic heterocycles. The van der Waals surface area contributed by atoms with Gasteiger partial charge in [0.1, 0.15) is 5.76 Å². The van der Waals surface area contributed by atoms with Crippen LogP contribution in [0.25, 0.3) is 0 Å². The van der Waals surface area contributed by atoms with Gasteiger partial charge < -0.3 is 26.5 Å². The van der Waals surface area contributed by atoms with E-state index in [9.17, 15) is 5.11 Å². The fraction of sp³-hybridized carbons (Fsp3) is 0.467. The van der Waals surface area contributed by atoms with E-state index in [-0.39, 0.29) is 5.76 Å². The lowest BCUT2D eigenvalue weighted by molar-refractivity contribution is 0.305. The third kappa shape index (κ3) is 5.17. The Hall–Kier alpha value is -1.92. The second-order valence-electron chi connectivity index (χ2n) is 4.89. The van der Waals surface area contributed by atoms with Crippen molar-refractivity contribution in [2.75, 3.05) is 26.2 Å². The molecule has 0 radical (unpaired) electrons. The zero-order chi connectivity index (χ0) is 15.7. The number of rotatable bonds is 7. The normalized spacial score (nSPS) is 18.3. The lowest BCUT2D eigenvalue weighted by Gasteiger charge is -2.30. The van der Waals surface area contributed by atoms with E-state index in [1.54, 1.807) is 6.20 Å². The molecule has 0 unspecified atom stereocenters. The maximum absolute atomic E-state index is 9.93. The molecule has 0 spiro atoms. The Balaban J connectivity index is 3.02. The van der Waals surface area contributed by atoms with Crippen molar-refractivity contribution in [1.82, 2.24) is 15.6 Å². The van der Waals surface area contributed by atoms with Gasteiger partial charge in [0.05, 0.1) is 5.70 Å². The van der Waals surface area contributed by atoms with E-state index in [0.717, 1.165) is 38.3 Å². The molecule has 6 heteroatoms. The summed E-state index contributed by atoms with van der Waals surface area (Å²) in [5, 5.41) is 13.2. The Morgan fingerprint density at radius 3 is 2.62 bits per heavy atom. The predicted molar refractivity (Wildman–Crippen MR) is 86.9 cm³/mol. The Labute approximate surface area is 126 Å². The third-order valence-electron chi connectivity index (χ3n) is 3.37. The number of piperazine rings is 1. The SMILES string of the molecule is C=C/C(O)=C(CCC)/C(N)=C/C(=C\NN)N1CCNCC1. The van der Waals surface area contributed by atoms with Crippen LogP contribution in [0.4, 0.5) is 0 Å². The number of hydrogen-bond acceptors (Lipinski definition) is 6. The van der Waals surface area contributed by atoms with Gasteiger partial charge in [0.25, 0.3) is 0 Å². The summed E-state index contributed by atoms with van der Waals surface area (Å²) < 4.78 is 0. The Morgan fingerprint density at radius 1 is 1.43 bits per heavy atom. The van der Waals surface area contributed by atoms with E-state index in [0.29, 0.717) is 17.7 Å². The zero-order valence-electron chi connectivity index (χ0n) is 12.7. The number of nitrogens with two attached hydrogens (primary N) is 2. The Kier molecular flexibility index (Phi) is 7.42. The molecule has 0 aromatic carbocycles. The summed E-state index contributed by atoms with van der Waals surface area (Å²) in [4.78, 5) is 2.19. The van der Waals surface area contributed by atoms with Crippen molar-refractivity contribution in [2.24, 2.45) is 11.6 Å². The van der Waals surface area contributed by atoms with Gasteiger partial charge in [-0.2, -0.15) is 0 Å². The van der Waals surface area contributed by atoms with Crippen LogP contribution < -0.4 is 22.3 Å². The average molecular weight is 293 g/mol. The molecule has 0 aliphatic carbocycles. The number of nitrogens with one attached hydrogen (secondary N) is 2. The van der Waals surface area contributed by atoms with Gasteiger partial charge in [-0.1, -0.05) is 19.9 Å². The standard InChI is InChI=1S/C15H27N5O/c1-3-5-13(15(21)4-2)14(16)10-12(11-19-17)20-8-6-18-7-9-20/h4,10-11,18-19,21H,2-3,5-9,16-17H2,1H3/b12-11+,14-10-,15-13-. The fourth-order valence-corrected chi connectivity index (χ4v) is 2.27. The van der Waals surface area contributed by atoms with Crippen molar-refractivity contribution in [3.63, 3.8) is 0 Å². The van der Waals surface area contributed by atoms with Crippen LogP contribution in [0.3, 0.4) is 0 Å². The number of aliphatic hydroxyl groups is 1. The molecule has 0 saturated carbocycles. The van der Waals surface area contributed by atoms with Crippen LogP contribution in [0, 0.1) is 0 Å². The van der Waals surface area contributed by atoms with Gasteiger partial charge in [-0.05, 0) is 18.6 Å². The number of nitrogens with zero attached hydrogens (tertiary/aromatic N) is 1. The van der Waals surface area contributed by atoms with Gasteiger partial charge >= 0.3 is 0 Å². The molecular formula is C15H27N5O. The molecule has 0 atom stereocenters. The summed E-state index contributed by atoms with van der Waals surface area (Å²) in [6.07, 6.45) is 6.57. The van der Waals surface area contributed by atoms with E-state index in [1.807, 2.05) is 13.0 Å². The molecule has 1 aliphatic rings. The average Bonchev–Trinajstić information content (AvgIpc) is 2.52. The first kappa shape index (κ1) is 17.1. The highest BCUT2D eigenvalue weighted by atomic mass is 16.3. The van der Waals surface area contributed by atoms with Crippen molar-refractivity contribution in [1.29, 1.82) is 0 Å². The summed E-state index contributed by atoms with van der Waals surface area (Å²) in [5.74, 6) is 5.55. The third-order valence-corrected chi connectivity index (χ3v) is 3.37. The molecule has 21 heavy (non-hydrogen) atoms. The minimum Gasteiger partial charge on any atom is -0.508 e. The van der Waals surface area contributed by atoms with Gasteiger partial charge in [0, 0.05) is 43.6 Å². The Morgan fingerprint density at radius 2 is 2.10 bits per heavy atom. The van der Waals surface area contributed by atoms with Crippen LogP contribution in [0.1, 0.15) is 19.8 Å². The first-order valence-corrected chi connectivity index (χ1v) is 7.28. The Bertz CT molecular complexity index is 433. The summed E-state index contributed by atoms with van der Waals surface area (Å²) in [5.41, 5.74) is 10.9. The summed E-state index contributed by atoms with van der Waals surface area (Å²) in [6.45, 7) is 9.25. The van der Waals surface area contributed by atoms with E-state index >= 15 is 0 Å². The van der Waals surface area contributed by atoms with E-state index in [2.05, 4.69) is 22.2 Å². The smallest absolute Gasteiger partial charge is 0.120 e. The molecular weight excluding hydrogens is 266 g/mol. The van der Waals surface area contributed by atoms with Gasteiger partial charge in [0.15, 0.2) is 0 Å². The lowest BCUT2D eigenvalue weighted by Crippen LogP contribution is -2.43. The molecule has 0 aromatic heterocycles. The lowest BCUT2D eigenvalue weighted by atomic mass is 10.0. The highest BCUT2D eigenvalue weighted by Crippen LogP contribution is 2.19. The maximum Gasteiger partial charge on any atom is 0.120 e. The minimum atomic E-state index is 0.131. The summed E-state index contributed by atoms with van der Waals surface area (Å²) in [7, 11) is 0. The maximum atomic E-state index is 9.93. The molecule has 0 aromatic rings. The molecule has 7 N–H and O–H groups in total. The van der Waals surface area contributed by atoms with Crippen LogP contribution in [0.2, 0.25) is 0 Å².